The minimum atomic E-state index is -0.206. The second-order valence-corrected chi connectivity index (χ2v) is 3.63. The second kappa shape index (κ2) is 5.14. The molecule has 0 saturated heterocycles. The fourth-order valence-corrected chi connectivity index (χ4v) is 1.48. The monoisotopic (exact) mass is 262 g/mol. The van der Waals surface area contributed by atoms with Crippen molar-refractivity contribution < 1.29 is 0 Å². The number of rotatable bonds is 2. The summed E-state index contributed by atoms with van der Waals surface area (Å²) in [4.78, 5) is 0. The molecule has 0 saturated carbocycles. The zero-order valence-electron chi connectivity index (χ0n) is 7.95. The third-order valence-electron chi connectivity index (χ3n) is 1.62. The maximum atomic E-state index is 8.46. The Labute approximate surface area is 96.0 Å². The summed E-state index contributed by atoms with van der Waals surface area (Å²) < 4.78 is 0.835. The Balaban J connectivity index is 2.89. The lowest BCUT2D eigenvalue weighted by Gasteiger charge is -2.03. The molecule has 0 amide bonds. The van der Waals surface area contributed by atoms with E-state index in [1.54, 1.807) is 12.1 Å². The molecular formula is C10H7BrN4. The SMILES string of the molecule is Cc1ccc(NN=C(C#N)C#N)c(Br)c1. The molecule has 15 heavy (non-hydrogen) atoms. The van der Waals surface area contributed by atoms with Crippen LogP contribution in [0.5, 0.6) is 0 Å². The summed E-state index contributed by atoms with van der Waals surface area (Å²) in [5.41, 5.74) is 4.25. The minimum Gasteiger partial charge on any atom is -0.275 e. The van der Waals surface area contributed by atoms with Gasteiger partial charge in [-0.05, 0) is 40.5 Å². The van der Waals surface area contributed by atoms with Crippen LogP contribution in [0.4, 0.5) is 5.69 Å². The summed E-state index contributed by atoms with van der Waals surface area (Å²) in [6.07, 6.45) is 0. The Bertz CT molecular complexity index is 463. The highest BCUT2D eigenvalue weighted by Crippen LogP contribution is 2.23. The van der Waals surface area contributed by atoms with E-state index in [1.165, 1.54) is 0 Å². The number of anilines is 1. The Morgan fingerprint density at radius 1 is 1.40 bits per heavy atom. The molecule has 0 radical (unpaired) electrons. The van der Waals surface area contributed by atoms with E-state index < -0.39 is 0 Å². The standard InChI is InChI=1S/C10H7BrN4/c1-7-2-3-10(9(11)4-7)15-14-8(5-12)6-13/h2-4,15H,1H3. The topological polar surface area (TPSA) is 72.0 Å². The fourth-order valence-electron chi connectivity index (χ4n) is 0.902. The lowest BCUT2D eigenvalue weighted by atomic mass is 10.2. The van der Waals surface area contributed by atoms with Crippen LogP contribution >= 0.6 is 15.9 Å². The normalized spacial score (nSPS) is 8.53. The number of nitrogens with zero attached hydrogens (tertiary/aromatic N) is 3. The Morgan fingerprint density at radius 3 is 2.60 bits per heavy atom. The van der Waals surface area contributed by atoms with Crippen LogP contribution in [0.2, 0.25) is 0 Å². The number of aryl methyl sites for hydroxylation is 1. The van der Waals surface area contributed by atoms with Crippen molar-refractivity contribution in [2.75, 3.05) is 5.43 Å². The van der Waals surface area contributed by atoms with Crippen LogP contribution in [0.3, 0.4) is 0 Å². The number of nitrogens with one attached hydrogen (secondary N) is 1. The minimum absolute atomic E-state index is 0.206. The van der Waals surface area contributed by atoms with Crippen molar-refractivity contribution in [3.63, 3.8) is 0 Å². The molecule has 0 aromatic heterocycles. The third kappa shape index (κ3) is 3.08. The largest absolute Gasteiger partial charge is 0.275 e. The van der Waals surface area contributed by atoms with Crippen LogP contribution in [0.15, 0.2) is 27.8 Å². The molecule has 0 aliphatic carbocycles. The number of nitriles is 2. The summed E-state index contributed by atoms with van der Waals surface area (Å²) >= 11 is 3.34. The molecule has 1 N–H and O–H groups in total. The summed E-state index contributed by atoms with van der Waals surface area (Å²) in [7, 11) is 0. The van der Waals surface area contributed by atoms with Crippen molar-refractivity contribution in [2.45, 2.75) is 6.92 Å². The van der Waals surface area contributed by atoms with Gasteiger partial charge >= 0.3 is 0 Å². The third-order valence-corrected chi connectivity index (χ3v) is 2.28. The highest BCUT2D eigenvalue weighted by atomic mass is 79.9. The van der Waals surface area contributed by atoms with E-state index in [-0.39, 0.29) is 5.71 Å². The molecule has 1 aromatic rings. The molecule has 0 aliphatic heterocycles. The van der Waals surface area contributed by atoms with Gasteiger partial charge in [0.15, 0.2) is 0 Å². The maximum absolute atomic E-state index is 8.46. The number of halogens is 1. The zero-order chi connectivity index (χ0) is 11.3. The first-order chi connectivity index (χ1) is 7.17. The average molecular weight is 263 g/mol. The quantitative estimate of drug-likeness (QED) is 0.658. The summed E-state index contributed by atoms with van der Waals surface area (Å²) in [5.74, 6) is 0. The van der Waals surface area contributed by atoms with Crippen LogP contribution in [0.1, 0.15) is 5.56 Å². The molecule has 0 bridgehead atoms. The summed E-state index contributed by atoms with van der Waals surface area (Å²) in [6, 6.07) is 8.96. The van der Waals surface area contributed by atoms with Crippen molar-refractivity contribution in [1.82, 2.24) is 0 Å². The number of hydrogen-bond donors (Lipinski definition) is 1. The van der Waals surface area contributed by atoms with E-state index in [2.05, 4.69) is 26.5 Å². The van der Waals surface area contributed by atoms with E-state index >= 15 is 0 Å². The van der Waals surface area contributed by atoms with E-state index in [1.807, 2.05) is 25.1 Å². The van der Waals surface area contributed by atoms with Crippen molar-refractivity contribution in [1.29, 1.82) is 10.5 Å². The highest BCUT2D eigenvalue weighted by Gasteiger charge is 1.99. The molecule has 0 atom stereocenters. The molecule has 0 aliphatic rings. The van der Waals surface area contributed by atoms with Crippen molar-refractivity contribution in [3.8, 4) is 12.1 Å². The second-order valence-electron chi connectivity index (χ2n) is 2.78. The number of hydrogen-bond acceptors (Lipinski definition) is 4. The molecule has 0 spiro atoms. The summed E-state index contributed by atoms with van der Waals surface area (Å²) in [6.45, 7) is 1.97. The van der Waals surface area contributed by atoms with Gasteiger partial charge in [-0.3, -0.25) is 5.43 Å². The van der Waals surface area contributed by atoms with Gasteiger partial charge in [-0.15, -0.1) is 0 Å². The molecule has 5 heteroatoms. The first-order valence-electron chi connectivity index (χ1n) is 4.07. The first kappa shape index (κ1) is 11.2. The van der Waals surface area contributed by atoms with Gasteiger partial charge < -0.3 is 0 Å². The zero-order valence-corrected chi connectivity index (χ0v) is 9.54. The smallest absolute Gasteiger partial charge is 0.237 e. The molecule has 74 valence electrons. The fraction of sp³-hybridized carbons (Fsp3) is 0.100. The van der Waals surface area contributed by atoms with Crippen LogP contribution < -0.4 is 5.43 Å². The predicted molar refractivity (Wildman–Crippen MR) is 61.2 cm³/mol. The molecule has 0 heterocycles. The molecule has 0 unspecified atom stereocenters. The maximum Gasteiger partial charge on any atom is 0.237 e. The number of benzene rings is 1. The number of hydrazone groups is 1. The highest BCUT2D eigenvalue weighted by molar-refractivity contribution is 9.10. The Kier molecular flexibility index (Phi) is 3.84. The molecule has 1 rings (SSSR count). The molecule has 0 fully saturated rings. The lowest BCUT2D eigenvalue weighted by molar-refractivity contribution is 1.31. The molecule has 1 aromatic carbocycles. The Morgan fingerprint density at radius 2 is 2.07 bits per heavy atom. The van der Waals surface area contributed by atoms with Gasteiger partial charge in [0.25, 0.3) is 0 Å². The van der Waals surface area contributed by atoms with Gasteiger partial charge in [-0.2, -0.15) is 15.6 Å². The van der Waals surface area contributed by atoms with Crippen molar-refractivity contribution >= 4 is 27.3 Å². The van der Waals surface area contributed by atoms with E-state index in [4.69, 9.17) is 10.5 Å². The van der Waals surface area contributed by atoms with Gasteiger partial charge in [-0.1, -0.05) is 6.07 Å². The van der Waals surface area contributed by atoms with Crippen LogP contribution in [0, 0.1) is 29.6 Å². The van der Waals surface area contributed by atoms with Gasteiger partial charge in [0, 0.05) is 4.47 Å². The lowest BCUT2D eigenvalue weighted by Crippen LogP contribution is -1.96. The van der Waals surface area contributed by atoms with Crippen molar-refractivity contribution in [2.24, 2.45) is 5.10 Å². The molecular weight excluding hydrogens is 256 g/mol. The average Bonchev–Trinajstić information content (AvgIpc) is 2.22. The van der Waals surface area contributed by atoms with Gasteiger partial charge in [-0.25, -0.2) is 0 Å². The van der Waals surface area contributed by atoms with Crippen molar-refractivity contribution in [3.05, 3.63) is 28.2 Å². The van der Waals surface area contributed by atoms with Crippen LogP contribution in [-0.4, -0.2) is 5.71 Å². The predicted octanol–water partition coefficient (Wildman–Crippen LogP) is 2.57. The van der Waals surface area contributed by atoms with Gasteiger partial charge in [0.2, 0.25) is 5.71 Å². The van der Waals surface area contributed by atoms with Gasteiger partial charge in [0.05, 0.1) is 5.69 Å². The summed E-state index contributed by atoms with van der Waals surface area (Å²) in [5, 5.41) is 20.6. The van der Waals surface area contributed by atoms with Crippen LogP contribution in [0.25, 0.3) is 0 Å². The Hall–Kier alpha value is -1.85. The van der Waals surface area contributed by atoms with E-state index in [0.29, 0.717) is 5.69 Å². The van der Waals surface area contributed by atoms with Crippen LogP contribution in [-0.2, 0) is 0 Å². The van der Waals surface area contributed by atoms with Gasteiger partial charge in [0.1, 0.15) is 12.1 Å². The van der Waals surface area contributed by atoms with E-state index in [0.717, 1.165) is 10.0 Å². The molecule has 4 nitrogen and oxygen atoms in total. The first-order valence-corrected chi connectivity index (χ1v) is 4.86. The van der Waals surface area contributed by atoms with E-state index in [9.17, 15) is 0 Å².